The Morgan fingerprint density at radius 3 is 2.83 bits per heavy atom. The molecule has 0 amide bonds. The molecule has 0 saturated carbocycles. The van der Waals surface area contributed by atoms with E-state index in [0.29, 0.717) is 5.15 Å². The van der Waals surface area contributed by atoms with Gasteiger partial charge in [-0.2, -0.15) is 0 Å². The van der Waals surface area contributed by atoms with Gasteiger partial charge in [-0.05, 0) is 32.9 Å². The predicted octanol–water partition coefficient (Wildman–Crippen LogP) is 2.87. The summed E-state index contributed by atoms with van der Waals surface area (Å²) < 4.78 is 17.2. The minimum atomic E-state index is -1.27. The Morgan fingerprint density at radius 1 is 1.44 bits per heavy atom. The first-order valence-corrected chi connectivity index (χ1v) is 6.95. The van der Waals surface area contributed by atoms with Crippen molar-refractivity contribution >= 4 is 34.8 Å². The van der Waals surface area contributed by atoms with E-state index in [2.05, 4.69) is 9.38 Å². The van der Waals surface area contributed by atoms with Crippen LogP contribution in [0.15, 0.2) is 28.9 Å². The van der Waals surface area contributed by atoms with E-state index >= 15 is 0 Å². The number of imidazole rings is 1. The maximum atomic E-state index is 11.8. The van der Waals surface area contributed by atoms with Gasteiger partial charge in [0.05, 0.1) is 6.21 Å². The first-order chi connectivity index (χ1) is 8.38. The standard InChI is InChI=1S/C12H14ClN3OS/c1-12(2,3)18(17)15-8-9-6-10(13)16-5-4-14-11(16)7-9/h4-8H,1-3H3. The third-order valence-corrected chi connectivity index (χ3v) is 3.94. The zero-order valence-electron chi connectivity index (χ0n) is 10.4. The molecule has 0 bridgehead atoms. The number of aromatic nitrogens is 2. The van der Waals surface area contributed by atoms with Crippen molar-refractivity contribution < 1.29 is 4.55 Å². The molecule has 0 aliphatic rings. The average Bonchev–Trinajstić information content (AvgIpc) is 2.73. The number of pyridine rings is 1. The van der Waals surface area contributed by atoms with Crippen molar-refractivity contribution in [2.24, 2.45) is 4.40 Å². The molecule has 18 heavy (non-hydrogen) atoms. The van der Waals surface area contributed by atoms with Crippen LogP contribution in [-0.4, -0.2) is 24.9 Å². The van der Waals surface area contributed by atoms with E-state index in [-0.39, 0.29) is 4.75 Å². The van der Waals surface area contributed by atoms with Crippen LogP contribution < -0.4 is 0 Å². The first kappa shape index (κ1) is 13.4. The van der Waals surface area contributed by atoms with Gasteiger partial charge >= 0.3 is 0 Å². The van der Waals surface area contributed by atoms with Crippen molar-refractivity contribution in [3.63, 3.8) is 0 Å². The van der Waals surface area contributed by atoms with Crippen LogP contribution in [0.4, 0.5) is 0 Å². The molecule has 2 heterocycles. The fourth-order valence-corrected chi connectivity index (χ4v) is 2.14. The first-order valence-electron chi connectivity index (χ1n) is 5.46. The van der Waals surface area contributed by atoms with Crippen molar-refractivity contribution in [1.82, 2.24) is 9.38 Å². The summed E-state index contributed by atoms with van der Waals surface area (Å²) in [5, 5.41) is 0.549. The molecule has 1 atom stereocenters. The summed E-state index contributed by atoms with van der Waals surface area (Å²) in [5.74, 6) is 0. The van der Waals surface area contributed by atoms with Crippen molar-refractivity contribution in [3.05, 3.63) is 35.2 Å². The van der Waals surface area contributed by atoms with Gasteiger partial charge in [0.2, 0.25) is 0 Å². The highest BCUT2D eigenvalue weighted by Gasteiger charge is 2.25. The Balaban J connectivity index is 2.29. The van der Waals surface area contributed by atoms with E-state index in [1.165, 1.54) is 0 Å². The van der Waals surface area contributed by atoms with Crippen LogP contribution in [0.2, 0.25) is 5.15 Å². The zero-order chi connectivity index (χ0) is 13.3. The summed E-state index contributed by atoms with van der Waals surface area (Å²) in [4.78, 5) is 4.16. The van der Waals surface area contributed by atoms with Gasteiger partial charge in [-0.3, -0.25) is 4.40 Å². The molecule has 0 aliphatic heterocycles. The molecule has 0 fully saturated rings. The minimum absolute atomic E-state index is 0.363. The van der Waals surface area contributed by atoms with Crippen LogP contribution >= 0.6 is 11.6 Å². The highest BCUT2D eigenvalue weighted by molar-refractivity contribution is 7.91. The van der Waals surface area contributed by atoms with Crippen LogP contribution in [0.5, 0.6) is 0 Å². The summed E-state index contributed by atoms with van der Waals surface area (Å²) in [6, 6.07) is 3.61. The Hall–Kier alpha value is -1.04. The van der Waals surface area contributed by atoms with Crippen molar-refractivity contribution in [1.29, 1.82) is 0 Å². The number of hydrogen-bond donors (Lipinski definition) is 0. The lowest BCUT2D eigenvalue weighted by Crippen LogP contribution is -2.25. The van der Waals surface area contributed by atoms with Gasteiger partial charge in [0.15, 0.2) is 0 Å². The maximum absolute atomic E-state index is 11.8. The molecule has 2 aromatic heterocycles. The molecule has 1 unspecified atom stereocenters. The Labute approximate surface area is 114 Å². The molecule has 2 rings (SSSR count). The van der Waals surface area contributed by atoms with E-state index in [1.54, 1.807) is 29.1 Å². The second-order valence-electron chi connectivity index (χ2n) is 4.86. The van der Waals surface area contributed by atoms with Gasteiger partial charge in [0, 0.05) is 18.0 Å². The molecule has 6 heteroatoms. The molecule has 0 aliphatic carbocycles. The highest BCUT2D eigenvalue weighted by atomic mass is 35.5. The lowest BCUT2D eigenvalue weighted by molar-refractivity contribution is 0.562. The van der Waals surface area contributed by atoms with E-state index in [1.807, 2.05) is 26.8 Å². The second-order valence-corrected chi connectivity index (χ2v) is 7.18. The van der Waals surface area contributed by atoms with Gasteiger partial charge in [0.25, 0.3) is 0 Å². The lowest BCUT2D eigenvalue weighted by atomic mass is 10.3. The quantitative estimate of drug-likeness (QED) is 0.483. The fraction of sp³-hybridized carbons (Fsp3) is 0.333. The molecular formula is C12H14ClN3OS. The summed E-state index contributed by atoms with van der Waals surface area (Å²) in [6.07, 6.45) is 5.03. The van der Waals surface area contributed by atoms with E-state index in [4.69, 9.17) is 11.6 Å². The Bertz CT molecular complexity index is 589. The molecular weight excluding hydrogens is 270 g/mol. The highest BCUT2D eigenvalue weighted by Crippen LogP contribution is 2.18. The topological polar surface area (TPSA) is 52.7 Å². The minimum Gasteiger partial charge on any atom is -0.591 e. The Kier molecular flexibility index (Phi) is 3.66. The average molecular weight is 284 g/mol. The van der Waals surface area contributed by atoms with Crippen molar-refractivity contribution in [3.8, 4) is 0 Å². The molecule has 0 radical (unpaired) electrons. The molecule has 0 aromatic carbocycles. The smallest absolute Gasteiger partial charge is 0.144 e. The number of rotatable bonds is 2. The third-order valence-electron chi connectivity index (χ3n) is 2.30. The molecule has 0 spiro atoms. The summed E-state index contributed by atoms with van der Waals surface area (Å²) in [6.45, 7) is 5.64. The lowest BCUT2D eigenvalue weighted by Gasteiger charge is -2.17. The summed E-state index contributed by atoms with van der Waals surface area (Å²) >= 11 is 4.82. The summed E-state index contributed by atoms with van der Waals surface area (Å²) in [7, 11) is 0. The van der Waals surface area contributed by atoms with Crippen LogP contribution in [0.3, 0.4) is 0 Å². The summed E-state index contributed by atoms with van der Waals surface area (Å²) in [5.41, 5.74) is 1.53. The third kappa shape index (κ3) is 2.85. The fourth-order valence-electron chi connectivity index (χ4n) is 1.34. The van der Waals surface area contributed by atoms with Gasteiger partial charge in [-0.15, -0.1) is 0 Å². The monoisotopic (exact) mass is 283 g/mol. The number of fused-ring (bicyclic) bond motifs is 1. The van der Waals surface area contributed by atoms with Crippen LogP contribution in [0.1, 0.15) is 26.3 Å². The second kappa shape index (κ2) is 4.91. The van der Waals surface area contributed by atoms with Crippen LogP contribution in [0.25, 0.3) is 5.65 Å². The van der Waals surface area contributed by atoms with Gasteiger partial charge in [0.1, 0.15) is 26.9 Å². The SMILES string of the molecule is CC(C)(C)[S+]([O-])N=Cc1cc(Cl)n2ccnc2c1. The van der Waals surface area contributed by atoms with Gasteiger partial charge in [-0.1, -0.05) is 16.0 Å². The number of hydrogen-bond acceptors (Lipinski definition) is 3. The van der Waals surface area contributed by atoms with E-state index in [9.17, 15) is 4.55 Å². The normalized spacial score (nSPS) is 14.5. The number of nitrogens with zero attached hydrogens (tertiary/aromatic N) is 3. The molecule has 2 aromatic rings. The van der Waals surface area contributed by atoms with Crippen LogP contribution in [-0.2, 0) is 11.4 Å². The maximum Gasteiger partial charge on any atom is 0.144 e. The van der Waals surface area contributed by atoms with E-state index in [0.717, 1.165) is 11.2 Å². The van der Waals surface area contributed by atoms with Crippen LogP contribution in [0, 0.1) is 0 Å². The molecule has 0 N–H and O–H groups in total. The zero-order valence-corrected chi connectivity index (χ0v) is 12.0. The van der Waals surface area contributed by atoms with Gasteiger partial charge in [-0.25, -0.2) is 4.98 Å². The van der Waals surface area contributed by atoms with Crippen molar-refractivity contribution in [2.75, 3.05) is 0 Å². The molecule has 0 saturated heterocycles. The molecule has 4 nitrogen and oxygen atoms in total. The van der Waals surface area contributed by atoms with Gasteiger partial charge < -0.3 is 4.55 Å². The predicted molar refractivity (Wildman–Crippen MR) is 75.7 cm³/mol. The molecule has 96 valence electrons. The Morgan fingerprint density at radius 2 is 2.17 bits per heavy atom. The van der Waals surface area contributed by atoms with Crippen molar-refractivity contribution in [2.45, 2.75) is 25.5 Å². The number of halogens is 1. The largest absolute Gasteiger partial charge is 0.591 e. The van der Waals surface area contributed by atoms with E-state index < -0.39 is 11.4 Å².